The molecule has 3 aromatic rings. The average molecular weight is 296 g/mol. The Morgan fingerprint density at radius 2 is 2.05 bits per heavy atom. The molecule has 0 unspecified atom stereocenters. The molecule has 2 aromatic heterocycles. The first kappa shape index (κ1) is 13.0. The minimum Gasteiger partial charge on any atom is -0.490 e. The summed E-state index contributed by atoms with van der Waals surface area (Å²) in [7, 11) is 0. The molecule has 22 heavy (non-hydrogen) atoms. The number of benzene rings is 1. The summed E-state index contributed by atoms with van der Waals surface area (Å²) in [4.78, 5) is 4.69. The highest BCUT2D eigenvalue weighted by Gasteiger charge is 2.14. The fraction of sp³-hybridized carbons (Fsp3) is 0.235. The van der Waals surface area contributed by atoms with Crippen molar-refractivity contribution in [3.8, 4) is 28.5 Å². The molecule has 1 aromatic carbocycles. The van der Waals surface area contributed by atoms with Crippen molar-refractivity contribution in [2.75, 3.05) is 19.8 Å². The Bertz CT molecular complexity index is 826. The molecule has 3 heterocycles. The number of fused-ring (bicyclic) bond motifs is 2. The zero-order chi connectivity index (χ0) is 14.9. The molecule has 5 nitrogen and oxygen atoms in total. The largest absolute Gasteiger partial charge is 0.490 e. The Morgan fingerprint density at radius 1 is 1.18 bits per heavy atom. The maximum absolute atomic E-state index is 5.64. The van der Waals surface area contributed by atoms with Gasteiger partial charge in [-0.2, -0.15) is 0 Å². The van der Waals surface area contributed by atoms with E-state index in [-0.39, 0.29) is 0 Å². The number of imidazole rings is 1. The molecule has 1 aliphatic heterocycles. The molecule has 0 amide bonds. The Labute approximate surface area is 128 Å². The van der Waals surface area contributed by atoms with Gasteiger partial charge in [0.05, 0.1) is 12.3 Å². The number of hydrogen-bond donors (Lipinski definition) is 0. The third-order valence-electron chi connectivity index (χ3n) is 3.58. The lowest BCUT2D eigenvalue weighted by Gasteiger charge is -2.18. The van der Waals surface area contributed by atoms with Gasteiger partial charge in [0.1, 0.15) is 13.2 Å². The van der Waals surface area contributed by atoms with Crippen LogP contribution in [-0.4, -0.2) is 29.2 Å². The van der Waals surface area contributed by atoms with Crippen molar-refractivity contribution in [1.82, 2.24) is 9.38 Å². The quantitative estimate of drug-likeness (QED) is 0.744. The summed E-state index contributed by atoms with van der Waals surface area (Å²) >= 11 is 0. The number of nitrogens with zero attached hydrogens (tertiary/aromatic N) is 2. The Balaban J connectivity index is 1.79. The van der Waals surface area contributed by atoms with Crippen LogP contribution in [0.15, 0.2) is 42.7 Å². The van der Waals surface area contributed by atoms with Gasteiger partial charge in [0, 0.05) is 18.0 Å². The second-order valence-electron chi connectivity index (χ2n) is 5.02. The first-order valence-corrected chi connectivity index (χ1v) is 7.35. The highest BCUT2D eigenvalue weighted by Crippen LogP contribution is 2.34. The third kappa shape index (κ3) is 2.15. The van der Waals surface area contributed by atoms with Gasteiger partial charge in [0.25, 0.3) is 0 Å². The zero-order valence-electron chi connectivity index (χ0n) is 12.3. The number of ether oxygens (including phenoxy) is 3. The summed E-state index contributed by atoms with van der Waals surface area (Å²) < 4.78 is 18.8. The van der Waals surface area contributed by atoms with Gasteiger partial charge >= 0.3 is 0 Å². The predicted molar refractivity (Wildman–Crippen MR) is 82.8 cm³/mol. The van der Waals surface area contributed by atoms with Crippen molar-refractivity contribution in [1.29, 1.82) is 0 Å². The van der Waals surface area contributed by atoms with Crippen LogP contribution >= 0.6 is 0 Å². The molecular formula is C17H16N2O3. The monoisotopic (exact) mass is 296 g/mol. The minimum atomic E-state index is 0.579. The van der Waals surface area contributed by atoms with E-state index in [9.17, 15) is 0 Å². The molecule has 4 rings (SSSR count). The van der Waals surface area contributed by atoms with Crippen molar-refractivity contribution in [3.05, 3.63) is 42.7 Å². The van der Waals surface area contributed by atoms with Crippen molar-refractivity contribution < 1.29 is 14.2 Å². The zero-order valence-corrected chi connectivity index (χ0v) is 12.3. The van der Waals surface area contributed by atoms with Crippen molar-refractivity contribution in [3.63, 3.8) is 0 Å². The molecule has 0 N–H and O–H groups in total. The van der Waals surface area contributed by atoms with E-state index in [0.29, 0.717) is 19.8 Å². The molecule has 112 valence electrons. The second kappa shape index (κ2) is 5.26. The number of hydrogen-bond acceptors (Lipinski definition) is 4. The van der Waals surface area contributed by atoms with Gasteiger partial charge in [0.2, 0.25) is 0 Å². The minimum absolute atomic E-state index is 0.579. The first-order valence-electron chi connectivity index (χ1n) is 7.35. The van der Waals surface area contributed by atoms with E-state index in [1.807, 2.05) is 54.0 Å². The van der Waals surface area contributed by atoms with Gasteiger partial charge in [-0.05, 0) is 37.3 Å². The van der Waals surface area contributed by atoms with E-state index in [2.05, 4.69) is 0 Å². The highest BCUT2D eigenvalue weighted by molar-refractivity contribution is 5.68. The Kier molecular flexibility index (Phi) is 3.11. The molecule has 5 heteroatoms. The van der Waals surface area contributed by atoms with Gasteiger partial charge in [0.15, 0.2) is 22.9 Å². The van der Waals surface area contributed by atoms with Gasteiger partial charge < -0.3 is 18.6 Å². The van der Waals surface area contributed by atoms with Crippen LogP contribution in [0.2, 0.25) is 0 Å². The van der Waals surface area contributed by atoms with E-state index in [4.69, 9.17) is 19.2 Å². The Hall–Kier alpha value is -2.69. The van der Waals surface area contributed by atoms with Crippen LogP contribution in [0.5, 0.6) is 17.2 Å². The maximum atomic E-state index is 5.64. The lowest BCUT2D eigenvalue weighted by Crippen LogP contribution is -2.15. The maximum Gasteiger partial charge on any atom is 0.180 e. The van der Waals surface area contributed by atoms with E-state index in [1.54, 1.807) is 0 Å². The predicted octanol–water partition coefficient (Wildman–Crippen LogP) is 3.17. The molecular weight excluding hydrogens is 280 g/mol. The van der Waals surface area contributed by atoms with E-state index in [1.165, 1.54) is 0 Å². The summed E-state index contributed by atoms with van der Waals surface area (Å²) in [6.07, 6.45) is 3.95. The van der Waals surface area contributed by atoms with E-state index in [0.717, 1.165) is 34.2 Å². The van der Waals surface area contributed by atoms with E-state index < -0.39 is 0 Å². The van der Waals surface area contributed by atoms with Gasteiger partial charge in [-0.1, -0.05) is 0 Å². The molecule has 0 atom stereocenters. The highest BCUT2D eigenvalue weighted by atomic mass is 16.6. The molecule has 0 radical (unpaired) electrons. The average Bonchev–Trinajstić information content (AvgIpc) is 3.00. The number of aromatic nitrogens is 2. The van der Waals surface area contributed by atoms with Gasteiger partial charge in [-0.25, -0.2) is 4.98 Å². The second-order valence-corrected chi connectivity index (χ2v) is 5.02. The van der Waals surface area contributed by atoms with E-state index >= 15 is 0 Å². The molecule has 1 aliphatic rings. The molecule has 0 fully saturated rings. The fourth-order valence-electron chi connectivity index (χ4n) is 2.60. The standard InChI is InChI=1S/C17H16N2O3/c1-2-20-15-4-3-7-19-11-13(18-17(15)19)12-5-6-14-16(10-12)22-9-8-21-14/h3-7,10-11H,2,8-9H2,1H3. The SMILES string of the molecule is CCOc1cccn2cc(-c3ccc4c(c3)OCCO4)nc12. The molecule has 0 spiro atoms. The third-order valence-corrected chi connectivity index (χ3v) is 3.58. The fourth-order valence-corrected chi connectivity index (χ4v) is 2.60. The van der Waals surface area contributed by atoms with Crippen LogP contribution in [0.3, 0.4) is 0 Å². The van der Waals surface area contributed by atoms with Crippen LogP contribution in [0.25, 0.3) is 16.9 Å². The lowest BCUT2D eigenvalue weighted by atomic mass is 10.1. The van der Waals surface area contributed by atoms with Crippen LogP contribution in [0.1, 0.15) is 6.92 Å². The molecule has 0 saturated heterocycles. The summed E-state index contributed by atoms with van der Waals surface area (Å²) in [6.45, 7) is 3.76. The molecule has 0 saturated carbocycles. The van der Waals surface area contributed by atoms with Crippen molar-refractivity contribution in [2.45, 2.75) is 6.92 Å². The van der Waals surface area contributed by atoms with Gasteiger partial charge in [-0.3, -0.25) is 0 Å². The first-order chi connectivity index (χ1) is 10.8. The number of rotatable bonds is 3. The van der Waals surface area contributed by atoms with Crippen LogP contribution in [-0.2, 0) is 0 Å². The van der Waals surface area contributed by atoms with Crippen LogP contribution < -0.4 is 14.2 Å². The topological polar surface area (TPSA) is 45.0 Å². The lowest BCUT2D eigenvalue weighted by molar-refractivity contribution is 0.171. The molecule has 0 aliphatic carbocycles. The van der Waals surface area contributed by atoms with Crippen molar-refractivity contribution >= 4 is 5.65 Å². The van der Waals surface area contributed by atoms with Crippen LogP contribution in [0, 0.1) is 0 Å². The Morgan fingerprint density at radius 3 is 2.91 bits per heavy atom. The summed E-state index contributed by atoms with van der Waals surface area (Å²) in [5.74, 6) is 2.34. The van der Waals surface area contributed by atoms with Gasteiger partial charge in [-0.15, -0.1) is 0 Å². The summed E-state index contributed by atoms with van der Waals surface area (Å²) in [5.41, 5.74) is 2.69. The van der Waals surface area contributed by atoms with Crippen molar-refractivity contribution in [2.24, 2.45) is 0 Å². The van der Waals surface area contributed by atoms with Crippen LogP contribution in [0.4, 0.5) is 0 Å². The summed E-state index contributed by atoms with van der Waals surface area (Å²) in [6, 6.07) is 9.77. The summed E-state index contributed by atoms with van der Waals surface area (Å²) in [5, 5.41) is 0. The smallest absolute Gasteiger partial charge is 0.180 e. The normalized spacial score (nSPS) is 13.3. The number of pyridine rings is 1. The molecule has 0 bridgehead atoms.